The van der Waals surface area contributed by atoms with Crippen LogP contribution in [0.15, 0.2) is 41.7 Å². The molecule has 0 saturated carbocycles. The molecule has 0 atom stereocenters. The zero-order chi connectivity index (χ0) is 17.8. The third kappa shape index (κ3) is 3.70. The fourth-order valence-electron chi connectivity index (χ4n) is 2.66. The fraction of sp³-hybridized carbons (Fsp3) is 0.312. The Hall–Kier alpha value is -2.46. The highest BCUT2D eigenvalue weighted by atomic mass is 32.2. The Bertz CT molecular complexity index is 975. The van der Waals surface area contributed by atoms with Crippen LogP contribution in [0.2, 0.25) is 0 Å². The summed E-state index contributed by atoms with van der Waals surface area (Å²) in [5, 5.41) is 11.4. The van der Waals surface area contributed by atoms with Crippen molar-refractivity contribution in [2.45, 2.75) is 31.1 Å². The van der Waals surface area contributed by atoms with E-state index in [1.807, 2.05) is 4.57 Å². The van der Waals surface area contributed by atoms with E-state index < -0.39 is 0 Å². The van der Waals surface area contributed by atoms with Gasteiger partial charge in [-0.1, -0.05) is 17.8 Å². The van der Waals surface area contributed by atoms with Crippen LogP contribution < -0.4 is 5.73 Å². The second-order valence-corrected chi connectivity index (χ2v) is 7.80. The van der Waals surface area contributed by atoms with Crippen molar-refractivity contribution in [2.75, 3.05) is 11.5 Å². The fourth-order valence-corrected chi connectivity index (χ4v) is 4.22. The Balaban J connectivity index is 1.30. The summed E-state index contributed by atoms with van der Waals surface area (Å²) in [5.41, 5.74) is 7.26. The molecule has 0 aliphatic heterocycles. The molecule has 0 radical (unpaired) electrons. The Labute approximate surface area is 158 Å². The second kappa shape index (κ2) is 7.83. The third-order valence-corrected chi connectivity index (χ3v) is 5.97. The minimum absolute atomic E-state index is 0.418. The molecule has 2 N–H and O–H groups in total. The maximum absolute atomic E-state index is 5.82. The highest BCUT2D eigenvalue weighted by molar-refractivity contribution is 7.99. The van der Waals surface area contributed by atoms with Gasteiger partial charge in [0.15, 0.2) is 16.6 Å². The molecule has 8 nitrogen and oxygen atoms in total. The molecule has 26 heavy (non-hydrogen) atoms. The van der Waals surface area contributed by atoms with Gasteiger partial charge in [-0.05, 0) is 24.3 Å². The number of nitrogens with zero attached hydrogens (tertiary/aromatic N) is 7. The molecule has 134 valence electrons. The van der Waals surface area contributed by atoms with Crippen molar-refractivity contribution in [3.05, 3.63) is 41.4 Å². The van der Waals surface area contributed by atoms with Gasteiger partial charge in [-0.15, -0.1) is 21.5 Å². The summed E-state index contributed by atoms with van der Waals surface area (Å²) < 4.78 is 4.13. The zero-order valence-electron chi connectivity index (χ0n) is 14.0. The molecular formula is C16H18N8S2. The van der Waals surface area contributed by atoms with Crippen molar-refractivity contribution in [1.29, 1.82) is 0 Å². The summed E-state index contributed by atoms with van der Waals surface area (Å²) in [6.07, 6.45) is 7.02. The zero-order valence-corrected chi connectivity index (χ0v) is 15.7. The van der Waals surface area contributed by atoms with Crippen LogP contribution in [0.3, 0.4) is 0 Å². The third-order valence-electron chi connectivity index (χ3n) is 3.96. The summed E-state index contributed by atoms with van der Waals surface area (Å²) in [4.78, 5) is 13.9. The van der Waals surface area contributed by atoms with E-state index in [4.69, 9.17) is 5.73 Å². The molecule has 4 heterocycles. The van der Waals surface area contributed by atoms with Crippen LogP contribution in [0.25, 0.3) is 11.2 Å². The molecule has 0 fully saturated rings. The first-order valence-electron chi connectivity index (χ1n) is 8.25. The number of aromatic nitrogens is 7. The Morgan fingerprint density at radius 1 is 1.12 bits per heavy atom. The van der Waals surface area contributed by atoms with Gasteiger partial charge in [0.1, 0.15) is 18.2 Å². The number of anilines is 1. The van der Waals surface area contributed by atoms with Crippen LogP contribution in [0.5, 0.6) is 0 Å². The molecule has 10 heteroatoms. The average Bonchev–Trinajstić information content (AvgIpc) is 3.38. The molecule has 4 aromatic rings. The van der Waals surface area contributed by atoms with Gasteiger partial charge in [0.2, 0.25) is 0 Å². The van der Waals surface area contributed by atoms with E-state index in [2.05, 4.69) is 47.2 Å². The second-order valence-electron chi connectivity index (χ2n) is 5.71. The topological polar surface area (TPSA) is 100 Å². The number of hydrogen-bond donors (Lipinski definition) is 1. The molecule has 0 amide bonds. The molecule has 0 bridgehead atoms. The van der Waals surface area contributed by atoms with Crippen LogP contribution >= 0.6 is 23.1 Å². The number of fused-ring (bicyclic) bond motifs is 1. The van der Waals surface area contributed by atoms with Crippen LogP contribution in [0.4, 0.5) is 5.82 Å². The number of hydrogen-bond acceptors (Lipinski definition) is 8. The number of rotatable bonds is 8. The van der Waals surface area contributed by atoms with Gasteiger partial charge >= 0.3 is 0 Å². The van der Waals surface area contributed by atoms with Crippen molar-refractivity contribution < 1.29 is 0 Å². The smallest absolute Gasteiger partial charge is 0.191 e. The summed E-state index contributed by atoms with van der Waals surface area (Å²) in [6.45, 7) is 1.72. The maximum atomic E-state index is 5.82. The van der Waals surface area contributed by atoms with Crippen molar-refractivity contribution in [3.63, 3.8) is 0 Å². The quantitative estimate of drug-likeness (QED) is 0.367. The molecule has 0 unspecified atom stereocenters. The number of thioether (sulfide) groups is 1. The van der Waals surface area contributed by atoms with Gasteiger partial charge in [-0.3, -0.25) is 0 Å². The van der Waals surface area contributed by atoms with Crippen molar-refractivity contribution in [3.8, 4) is 0 Å². The molecule has 0 spiro atoms. The van der Waals surface area contributed by atoms with Crippen LogP contribution in [0, 0.1) is 0 Å². The van der Waals surface area contributed by atoms with Gasteiger partial charge in [0.05, 0.1) is 6.33 Å². The lowest BCUT2D eigenvalue weighted by Gasteiger charge is -2.06. The molecule has 0 aliphatic rings. The Morgan fingerprint density at radius 2 is 2.08 bits per heavy atom. The normalized spacial score (nSPS) is 11.4. The standard InChI is InChI=1S/C16H18N8S2/c17-14-13-15(19-9-18-14)23(10-20-13)5-2-8-26-16-22-21-11-24(16)6-4-12-3-1-7-25-12/h1,3,7,9-11H,2,4-6,8H2,(H2,17,18,19). The number of aryl methyl sites for hydroxylation is 3. The van der Waals surface area contributed by atoms with E-state index in [1.165, 1.54) is 11.2 Å². The van der Waals surface area contributed by atoms with E-state index in [1.54, 1.807) is 35.8 Å². The van der Waals surface area contributed by atoms with Crippen molar-refractivity contribution in [2.24, 2.45) is 0 Å². The van der Waals surface area contributed by atoms with Crippen LogP contribution in [-0.4, -0.2) is 40.0 Å². The van der Waals surface area contributed by atoms with Crippen molar-refractivity contribution >= 4 is 40.1 Å². The van der Waals surface area contributed by atoms with Crippen LogP contribution in [-0.2, 0) is 19.5 Å². The van der Waals surface area contributed by atoms with Crippen molar-refractivity contribution in [1.82, 2.24) is 34.3 Å². The monoisotopic (exact) mass is 386 g/mol. The van der Waals surface area contributed by atoms with Gasteiger partial charge in [0, 0.05) is 23.7 Å². The van der Waals surface area contributed by atoms with E-state index in [0.717, 1.165) is 42.5 Å². The highest BCUT2D eigenvalue weighted by Gasteiger charge is 2.09. The van der Waals surface area contributed by atoms with E-state index >= 15 is 0 Å². The van der Waals surface area contributed by atoms with E-state index in [-0.39, 0.29) is 0 Å². The lowest BCUT2D eigenvalue weighted by molar-refractivity contribution is 0.636. The average molecular weight is 387 g/mol. The maximum Gasteiger partial charge on any atom is 0.191 e. The Morgan fingerprint density at radius 3 is 2.96 bits per heavy atom. The SMILES string of the molecule is Nc1ncnc2c1ncn2CCCSc1nncn1CCc1cccs1. The first-order valence-corrected chi connectivity index (χ1v) is 10.1. The lowest BCUT2D eigenvalue weighted by atomic mass is 10.3. The highest BCUT2D eigenvalue weighted by Crippen LogP contribution is 2.19. The minimum atomic E-state index is 0.418. The molecule has 4 rings (SSSR count). The van der Waals surface area contributed by atoms with Crippen LogP contribution in [0.1, 0.15) is 11.3 Å². The molecule has 0 aliphatic carbocycles. The van der Waals surface area contributed by atoms with Gasteiger partial charge in [0.25, 0.3) is 0 Å². The minimum Gasteiger partial charge on any atom is -0.382 e. The first kappa shape index (κ1) is 17.0. The summed E-state index contributed by atoms with van der Waals surface area (Å²) in [6, 6.07) is 4.24. The summed E-state index contributed by atoms with van der Waals surface area (Å²) in [7, 11) is 0. The summed E-state index contributed by atoms with van der Waals surface area (Å²) in [5.74, 6) is 1.36. The number of nitrogens with two attached hydrogens (primary N) is 1. The molecule has 0 saturated heterocycles. The summed E-state index contributed by atoms with van der Waals surface area (Å²) >= 11 is 3.51. The van der Waals surface area contributed by atoms with Gasteiger partial charge in [-0.2, -0.15) is 0 Å². The molecular weight excluding hydrogens is 368 g/mol. The molecule has 0 aromatic carbocycles. The predicted octanol–water partition coefficient (Wildman–Crippen LogP) is 2.49. The first-order chi connectivity index (χ1) is 12.8. The van der Waals surface area contributed by atoms with Gasteiger partial charge in [-0.25, -0.2) is 15.0 Å². The molecule has 4 aromatic heterocycles. The number of imidazole rings is 1. The number of nitrogen functional groups attached to an aromatic ring is 1. The lowest BCUT2D eigenvalue weighted by Crippen LogP contribution is -2.03. The van der Waals surface area contributed by atoms with Gasteiger partial charge < -0.3 is 14.9 Å². The predicted molar refractivity (Wildman–Crippen MR) is 103 cm³/mol. The largest absolute Gasteiger partial charge is 0.382 e. The van der Waals surface area contributed by atoms with E-state index in [0.29, 0.717) is 11.3 Å². The van der Waals surface area contributed by atoms with E-state index in [9.17, 15) is 0 Å². The Kier molecular flexibility index (Phi) is 5.12. The number of thiophene rings is 1.